The fourth-order valence-electron chi connectivity index (χ4n) is 0.581. The van der Waals surface area contributed by atoms with Crippen molar-refractivity contribution in [1.82, 2.24) is 10.2 Å². The van der Waals surface area contributed by atoms with Gasteiger partial charge in [0.1, 0.15) is 6.20 Å². The van der Waals surface area contributed by atoms with Crippen LogP contribution in [0, 0.1) is 10.1 Å². The highest BCUT2D eigenvalue weighted by molar-refractivity contribution is 5.36. The number of aromatic amines is 1. The van der Waals surface area contributed by atoms with Crippen LogP contribution in [-0.2, 0) is 0 Å². The quantitative estimate of drug-likeness (QED) is 0.552. The van der Waals surface area contributed by atoms with Crippen LogP contribution >= 0.6 is 0 Å². The number of ether oxygens (including phenoxy) is 1. The summed E-state index contributed by atoms with van der Waals surface area (Å²) in [6, 6.07) is 0. The number of nitrogens with one attached hydrogen (secondary N) is 1. The fraction of sp³-hybridized carbons (Fsp3) is 0.250. The van der Waals surface area contributed by atoms with Gasteiger partial charge < -0.3 is 14.9 Å². The summed E-state index contributed by atoms with van der Waals surface area (Å²) in [6.45, 7) is -3.10. The van der Waals surface area contributed by atoms with Crippen molar-refractivity contribution in [2.24, 2.45) is 0 Å². The second-order valence-electron chi connectivity index (χ2n) is 1.72. The molecule has 1 rings (SSSR count). The minimum atomic E-state index is -3.10. The van der Waals surface area contributed by atoms with Crippen molar-refractivity contribution in [3.63, 3.8) is 0 Å². The van der Waals surface area contributed by atoms with Crippen LogP contribution in [0.15, 0.2) is 6.20 Å². The molecule has 0 amide bonds. The number of nitrogens with zero attached hydrogens (tertiary/aromatic N) is 2. The van der Waals surface area contributed by atoms with E-state index in [0.717, 1.165) is 6.20 Å². The van der Waals surface area contributed by atoms with Gasteiger partial charge in [0.15, 0.2) is 0 Å². The molecule has 0 aliphatic carbocycles. The third kappa shape index (κ3) is 1.65. The van der Waals surface area contributed by atoms with Gasteiger partial charge in [-0.05, 0) is 4.92 Å². The van der Waals surface area contributed by atoms with E-state index in [-0.39, 0.29) is 0 Å². The van der Waals surface area contributed by atoms with Crippen LogP contribution in [0.2, 0.25) is 0 Å². The van der Waals surface area contributed by atoms with Crippen molar-refractivity contribution in [3.05, 3.63) is 16.3 Å². The molecule has 0 fully saturated rings. The Hall–Kier alpha value is -1.73. The number of rotatable bonds is 3. The summed E-state index contributed by atoms with van der Waals surface area (Å²) in [4.78, 5) is 9.18. The van der Waals surface area contributed by atoms with Crippen molar-refractivity contribution in [2.45, 2.75) is 6.61 Å². The van der Waals surface area contributed by atoms with Crippen LogP contribution in [0.4, 0.5) is 14.6 Å². The first kappa shape index (κ1) is 8.37. The monoisotopic (exact) mass is 179 g/mol. The minimum Gasteiger partial charge on any atom is -0.424 e. The lowest BCUT2D eigenvalue weighted by molar-refractivity contribution is -0.391. The predicted molar refractivity (Wildman–Crippen MR) is 31.9 cm³/mol. The molecule has 0 aliphatic heterocycles. The topological polar surface area (TPSA) is 81.0 Å². The van der Waals surface area contributed by atoms with E-state index < -0.39 is 23.1 Å². The molecule has 0 saturated carbocycles. The molecule has 0 bridgehead atoms. The lowest BCUT2D eigenvalue weighted by Crippen LogP contribution is -2.03. The lowest BCUT2D eigenvalue weighted by Gasteiger charge is -1.99. The highest BCUT2D eigenvalue weighted by Crippen LogP contribution is 2.24. The zero-order valence-electron chi connectivity index (χ0n) is 5.53. The lowest BCUT2D eigenvalue weighted by atomic mass is 10.6. The number of alkyl halides is 2. The van der Waals surface area contributed by atoms with E-state index in [2.05, 4.69) is 9.84 Å². The molecule has 0 saturated heterocycles. The standard InChI is InChI=1S/C4H3F2N3O3/c5-4(6)12-2-1-7-8-3(2)9(10)11/h1,4H,(H,7,8). The highest BCUT2D eigenvalue weighted by Gasteiger charge is 2.19. The number of H-pyrrole nitrogens is 1. The first-order chi connectivity index (χ1) is 5.61. The number of halogens is 2. The molecular weight excluding hydrogens is 176 g/mol. The van der Waals surface area contributed by atoms with Gasteiger partial charge in [-0.1, -0.05) is 5.10 Å². The van der Waals surface area contributed by atoms with E-state index in [1.807, 2.05) is 5.10 Å². The van der Waals surface area contributed by atoms with Gasteiger partial charge in [-0.25, -0.2) is 0 Å². The molecule has 8 heteroatoms. The van der Waals surface area contributed by atoms with Crippen LogP contribution in [0.5, 0.6) is 5.75 Å². The summed E-state index contributed by atoms with van der Waals surface area (Å²) in [5.41, 5.74) is 0. The zero-order valence-corrected chi connectivity index (χ0v) is 5.53. The third-order valence-electron chi connectivity index (χ3n) is 0.984. The second-order valence-corrected chi connectivity index (χ2v) is 1.72. The van der Waals surface area contributed by atoms with E-state index in [0.29, 0.717) is 0 Å². The molecule has 1 heterocycles. The second kappa shape index (κ2) is 3.11. The maximum Gasteiger partial charge on any atom is 0.387 e. The fourth-order valence-corrected chi connectivity index (χ4v) is 0.581. The molecule has 0 atom stereocenters. The molecule has 0 unspecified atom stereocenters. The minimum absolute atomic E-state index is 0.574. The summed E-state index contributed by atoms with van der Waals surface area (Å²) in [7, 11) is 0. The Labute approximate surface area is 64.3 Å². The first-order valence-corrected chi connectivity index (χ1v) is 2.74. The van der Waals surface area contributed by atoms with Crippen LogP contribution in [0.1, 0.15) is 0 Å². The van der Waals surface area contributed by atoms with Crippen molar-refractivity contribution < 1.29 is 18.4 Å². The molecule has 0 aromatic carbocycles. The maximum atomic E-state index is 11.6. The molecule has 1 aromatic rings. The van der Waals surface area contributed by atoms with E-state index in [1.54, 1.807) is 0 Å². The first-order valence-electron chi connectivity index (χ1n) is 2.74. The summed E-state index contributed by atoms with van der Waals surface area (Å²) in [5.74, 6) is -1.26. The molecule has 6 nitrogen and oxygen atoms in total. The smallest absolute Gasteiger partial charge is 0.387 e. The molecule has 66 valence electrons. The average molecular weight is 179 g/mol. The Morgan fingerprint density at radius 3 is 2.92 bits per heavy atom. The molecule has 1 aromatic heterocycles. The summed E-state index contributed by atoms with van der Waals surface area (Å²) in [6.07, 6.45) is 0.810. The van der Waals surface area contributed by atoms with E-state index >= 15 is 0 Å². The van der Waals surface area contributed by atoms with Gasteiger partial charge in [0.2, 0.25) is 5.75 Å². The van der Waals surface area contributed by atoms with Gasteiger partial charge in [-0.3, -0.25) is 0 Å². The predicted octanol–water partition coefficient (Wildman–Crippen LogP) is 0.919. The Morgan fingerprint density at radius 1 is 1.75 bits per heavy atom. The highest BCUT2D eigenvalue weighted by atomic mass is 19.3. The van der Waals surface area contributed by atoms with Crippen molar-refractivity contribution in [2.75, 3.05) is 0 Å². The maximum absolute atomic E-state index is 11.6. The molecule has 0 aliphatic rings. The zero-order chi connectivity index (χ0) is 9.14. The number of nitro groups is 1. The Bertz CT molecular complexity index is 287. The average Bonchev–Trinajstić information content (AvgIpc) is 2.33. The van der Waals surface area contributed by atoms with Gasteiger partial charge in [-0.2, -0.15) is 8.78 Å². The summed E-state index contributed by atoms with van der Waals surface area (Å²) in [5, 5.41) is 15.1. The van der Waals surface area contributed by atoms with E-state index in [4.69, 9.17) is 0 Å². The Balaban J connectivity index is 2.84. The van der Waals surface area contributed by atoms with Crippen LogP contribution in [-0.4, -0.2) is 21.7 Å². The summed E-state index contributed by atoms with van der Waals surface area (Å²) < 4.78 is 26.9. The van der Waals surface area contributed by atoms with E-state index in [9.17, 15) is 18.9 Å². The van der Waals surface area contributed by atoms with Crippen LogP contribution in [0.3, 0.4) is 0 Å². The molecule has 0 spiro atoms. The number of hydrogen-bond donors (Lipinski definition) is 1. The van der Waals surface area contributed by atoms with Gasteiger partial charge in [-0.15, -0.1) is 5.10 Å². The van der Waals surface area contributed by atoms with Crippen molar-refractivity contribution in [1.29, 1.82) is 0 Å². The third-order valence-corrected chi connectivity index (χ3v) is 0.984. The van der Waals surface area contributed by atoms with Crippen LogP contribution in [0.25, 0.3) is 0 Å². The van der Waals surface area contributed by atoms with Gasteiger partial charge in [0, 0.05) is 0 Å². The molecule has 12 heavy (non-hydrogen) atoms. The van der Waals surface area contributed by atoms with Gasteiger partial charge in [0.25, 0.3) is 0 Å². The molecule has 1 N–H and O–H groups in total. The van der Waals surface area contributed by atoms with Crippen molar-refractivity contribution >= 4 is 5.82 Å². The van der Waals surface area contributed by atoms with Gasteiger partial charge >= 0.3 is 12.4 Å². The number of hydrogen-bond acceptors (Lipinski definition) is 4. The number of aromatic nitrogens is 2. The van der Waals surface area contributed by atoms with Crippen LogP contribution < -0.4 is 4.74 Å². The summed E-state index contributed by atoms with van der Waals surface area (Å²) >= 11 is 0. The normalized spacial score (nSPS) is 10.2. The Morgan fingerprint density at radius 2 is 2.42 bits per heavy atom. The Kier molecular flexibility index (Phi) is 2.17. The molecular formula is C4H3F2N3O3. The van der Waals surface area contributed by atoms with E-state index in [1.165, 1.54) is 0 Å². The molecule has 0 radical (unpaired) electrons. The largest absolute Gasteiger partial charge is 0.424 e. The van der Waals surface area contributed by atoms with Gasteiger partial charge in [0.05, 0.1) is 0 Å². The SMILES string of the molecule is O=[N+]([O-])c1[nH]ncc1OC(F)F. The van der Waals surface area contributed by atoms with Crippen molar-refractivity contribution in [3.8, 4) is 5.75 Å².